The van der Waals surface area contributed by atoms with E-state index < -0.39 is 0 Å². The SMILES string of the molecule is CC[C@H]1CN(C(=O)c2cnc(-c3ccc(C)cc3)[nH]c2=O)CCN1C(C)C. The molecule has 1 N–H and O–H groups in total. The van der Waals surface area contributed by atoms with E-state index in [1.165, 1.54) is 6.20 Å². The molecule has 0 spiro atoms. The van der Waals surface area contributed by atoms with Crippen molar-refractivity contribution in [2.24, 2.45) is 0 Å². The number of aromatic nitrogens is 2. The van der Waals surface area contributed by atoms with Gasteiger partial charge in [0.1, 0.15) is 11.4 Å². The quantitative estimate of drug-likeness (QED) is 0.901. The van der Waals surface area contributed by atoms with Gasteiger partial charge >= 0.3 is 0 Å². The highest BCUT2D eigenvalue weighted by atomic mass is 16.2. The summed E-state index contributed by atoms with van der Waals surface area (Å²) in [6, 6.07) is 8.52. The third-order valence-electron chi connectivity index (χ3n) is 5.30. The second-order valence-electron chi connectivity index (χ2n) is 7.49. The summed E-state index contributed by atoms with van der Waals surface area (Å²) in [5, 5.41) is 0. The minimum Gasteiger partial charge on any atom is -0.336 e. The van der Waals surface area contributed by atoms with E-state index in [1.54, 1.807) is 4.90 Å². The van der Waals surface area contributed by atoms with Crippen molar-refractivity contribution in [1.82, 2.24) is 19.8 Å². The van der Waals surface area contributed by atoms with Crippen molar-refractivity contribution in [2.45, 2.75) is 46.2 Å². The largest absolute Gasteiger partial charge is 0.336 e. The minimum absolute atomic E-state index is 0.110. The summed E-state index contributed by atoms with van der Waals surface area (Å²) in [6.45, 7) is 10.6. The van der Waals surface area contributed by atoms with Crippen molar-refractivity contribution in [3.63, 3.8) is 0 Å². The third-order valence-corrected chi connectivity index (χ3v) is 5.30. The molecule has 0 aliphatic carbocycles. The van der Waals surface area contributed by atoms with E-state index in [0.29, 0.717) is 31.0 Å². The number of nitrogens with one attached hydrogen (secondary N) is 1. The minimum atomic E-state index is -0.384. The van der Waals surface area contributed by atoms with Crippen molar-refractivity contribution in [3.8, 4) is 11.4 Å². The standard InChI is InChI=1S/C21H28N4O2/c1-5-17-13-24(10-11-25(17)14(2)3)21(27)18-12-22-19(23-20(18)26)16-8-6-15(4)7-9-16/h6-9,12,14,17H,5,10-11,13H2,1-4H3,(H,22,23,26)/t17-/m0/s1. The van der Waals surface area contributed by atoms with Crippen LogP contribution >= 0.6 is 0 Å². The van der Waals surface area contributed by atoms with Crippen molar-refractivity contribution in [3.05, 3.63) is 51.9 Å². The zero-order valence-corrected chi connectivity index (χ0v) is 16.5. The van der Waals surface area contributed by atoms with Crippen LogP contribution in [-0.2, 0) is 0 Å². The first kappa shape index (κ1) is 19.3. The number of piperazine rings is 1. The highest BCUT2D eigenvalue weighted by Crippen LogP contribution is 2.18. The number of aromatic amines is 1. The van der Waals surface area contributed by atoms with Crippen molar-refractivity contribution in [2.75, 3.05) is 19.6 Å². The Labute approximate surface area is 160 Å². The number of H-pyrrole nitrogens is 1. The Bertz CT molecular complexity index is 857. The average molecular weight is 368 g/mol. The molecule has 1 aromatic carbocycles. The van der Waals surface area contributed by atoms with Gasteiger partial charge in [-0.15, -0.1) is 0 Å². The lowest BCUT2D eigenvalue weighted by Gasteiger charge is -2.43. The molecule has 1 amide bonds. The molecule has 1 atom stereocenters. The summed E-state index contributed by atoms with van der Waals surface area (Å²) in [5.41, 5.74) is 1.69. The van der Waals surface area contributed by atoms with Gasteiger partial charge in [0.2, 0.25) is 0 Å². The van der Waals surface area contributed by atoms with Gasteiger partial charge in [-0.25, -0.2) is 4.98 Å². The zero-order chi connectivity index (χ0) is 19.6. The molecule has 3 rings (SSSR count). The lowest BCUT2D eigenvalue weighted by Crippen LogP contribution is -2.56. The molecule has 1 fully saturated rings. The van der Waals surface area contributed by atoms with Crippen LogP contribution in [0, 0.1) is 6.92 Å². The Morgan fingerprint density at radius 3 is 2.56 bits per heavy atom. The van der Waals surface area contributed by atoms with Crippen LogP contribution in [0.5, 0.6) is 0 Å². The van der Waals surface area contributed by atoms with Crippen LogP contribution in [0.2, 0.25) is 0 Å². The molecule has 0 unspecified atom stereocenters. The van der Waals surface area contributed by atoms with E-state index in [2.05, 4.69) is 35.6 Å². The first-order valence-electron chi connectivity index (χ1n) is 9.62. The molecule has 1 aliphatic rings. The van der Waals surface area contributed by atoms with Gasteiger partial charge < -0.3 is 9.88 Å². The number of hydrogen-bond acceptors (Lipinski definition) is 4. The maximum Gasteiger partial charge on any atom is 0.264 e. The Balaban J connectivity index is 1.79. The number of rotatable bonds is 4. The fourth-order valence-corrected chi connectivity index (χ4v) is 3.67. The van der Waals surface area contributed by atoms with Gasteiger partial charge in [0.05, 0.1) is 0 Å². The van der Waals surface area contributed by atoms with Gasteiger partial charge in [-0.2, -0.15) is 0 Å². The molecule has 0 bridgehead atoms. The molecule has 1 aromatic heterocycles. The number of carbonyl (C=O) groups is 1. The molecule has 0 saturated carbocycles. The van der Waals surface area contributed by atoms with E-state index in [0.717, 1.165) is 24.1 Å². The van der Waals surface area contributed by atoms with E-state index in [4.69, 9.17) is 0 Å². The summed E-state index contributed by atoms with van der Waals surface area (Å²) in [7, 11) is 0. The van der Waals surface area contributed by atoms with E-state index >= 15 is 0 Å². The number of aryl methyl sites for hydroxylation is 1. The maximum absolute atomic E-state index is 12.9. The number of benzene rings is 1. The summed E-state index contributed by atoms with van der Waals surface area (Å²) in [6.07, 6.45) is 2.38. The molecule has 1 saturated heterocycles. The second-order valence-corrected chi connectivity index (χ2v) is 7.49. The Morgan fingerprint density at radius 2 is 1.96 bits per heavy atom. The first-order valence-corrected chi connectivity index (χ1v) is 9.62. The van der Waals surface area contributed by atoms with Crippen molar-refractivity contribution in [1.29, 1.82) is 0 Å². The summed E-state index contributed by atoms with van der Waals surface area (Å²) in [5.74, 6) is 0.244. The number of nitrogens with zero attached hydrogens (tertiary/aromatic N) is 3. The molecule has 6 heteroatoms. The van der Waals surface area contributed by atoms with Gasteiger partial charge in [0.15, 0.2) is 0 Å². The lowest BCUT2D eigenvalue weighted by molar-refractivity contribution is 0.0370. The predicted molar refractivity (Wildman–Crippen MR) is 107 cm³/mol. The van der Waals surface area contributed by atoms with Gasteiger partial charge in [0.25, 0.3) is 11.5 Å². The average Bonchev–Trinajstić information content (AvgIpc) is 2.67. The second kappa shape index (κ2) is 8.05. The van der Waals surface area contributed by atoms with Crippen LogP contribution < -0.4 is 5.56 Å². The normalized spacial score (nSPS) is 18.1. The molecule has 27 heavy (non-hydrogen) atoms. The first-order chi connectivity index (χ1) is 12.9. The molecule has 144 valence electrons. The molecule has 1 aliphatic heterocycles. The molecule has 2 heterocycles. The van der Waals surface area contributed by atoms with E-state index in [9.17, 15) is 9.59 Å². The lowest BCUT2D eigenvalue weighted by atomic mass is 10.1. The smallest absolute Gasteiger partial charge is 0.264 e. The topological polar surface area (TPSA) is 69.3 Å². The number of amides is 1. The van der Waals surface area contributed by atoms with Gasteiger partial charge in [0, 0.05) is 43.5 Å². The van der Waals surface area contributed by atoms with Crippen LogP contribution in [0.1, 0.15) is 43.1 Å². The Morgan fingerprint density at radius 1 is 1.26 bits per heavy atom. The fraction of sp³-hybridized carbons (Fsp3) is 0.476. The fourth-order valence-electron chi connectivity index (χ4n) is 3.67. The highest BCUT2D eigenvalue weighted by Gasteiger charge is 2.31. The summed E-state index contributed by atoms with van der Waals surface area (Å²) < 4.78 is 0. The predicted octanol–water partition coefficient (Wildman–Crippen LogP) is 2.69. The molecular formula is C21H28N4O2. The number of carbonyl (C=O) groups excluding carboxylic acids is 1. The Kier molecular flexibility index (Phi) is 5.75. The van der Waals surface area contributed by atoms with Crippen LogP contribution in [0.3, 0.4) is 0 Å². The van der Waals surface area contributed by atoms with Crippen LogP contribution in [0.15, 0.2) is 35.3 Å². The Hall–Kier alpha value is -2.47. The van der Waals surface area contributed by atoms with Gasteiger partial charge in [-0.3, -0.25) is 14.5 Å². The van der Waals surface area contributed by atoms with Gasteiger partial charge in [-0.05, 0) is 27.2 Å². The molecule has 2 aromatic rings. The van der Waals surface area contributed by atoms with E-state index in [-0.39, 0.29) is 17.0 Å². The van der Waals surface area contributed by atoms with Crippen LogP contribution in [0.4, 0.5) is 0 Å². The zero-order valence-electron chi connectivity index (χ0n) is 16.5. The number of hydrogen-bond donors (Lipinski definition) is 1. The third kappa shape index (κ3) is 4.11. The maximum atomic E-state index is 12.9. The molecule has 6 nitrogen and oxygen atoms in total. The van der Waals surface area contributed by atoms with E-state index in [1.807, 2.05) is 31.2 Å². The molecular weight excluding hydrogens is 340 g/mol. The van der Waals surface area contributed by atoms with Crippen molar-refractivity contribution >= 4 is 5.91 Å². The van der Waals surface area contributed by atoms with Gasteiger partial charge in [-0.1, -0.05) is 36.8 Å². The monoisotopic (exact) mass is 368 g/mol. The van der Waals surface area contributed by atoms with Crippen LogP contribution in [0.25, 0.3) is 11.4 Å². The summed E-state index contributed by atoms with van der Waals surface area (Å²) in [4.78, 5) is 36.7. The highest BCUT2D eigenvalue weighted by molar-refractivity contribution is 5.93. The van der Waals surface area contributed by atoms with Crippen LogP contribution in [-0.4, -0.2) is 57.4 Å². The summed E-state index contributed by atoms with van der Waals surface area (Å²) >= 11 is 0. The molecule has 0 radical (unpaired) electrons. The van der Waals surface area contributed by atoms with Crippen molar-refractivity contribution < 1.29 is 4.79 Å².